The lowest BCUT2D eigenvalue weighted by Crippen LogP contribution is -2.15. The highest BCUT2D eigenvalue weighted by molar-refractivity contribution is 5.39. The van der Waals surface area contributed by atoms with E-state index in [1.54, 1.807) is 0 Å². The van der Waals surface area contributed by atoms with Gasteiger partial charge < -0.3 is 10.7 Å². The Morgan fingerprint density at radius 1 is 1.50 bits per heavy atom. The van der Waals surface area contributed by atoms with Crippen molar-refractivity contribution in [3.05, 3.63) is 27.9 Å². The van der Waals surface area contributed by atoms with Crippen molar-refractivity contribution >= 4 is 5.69 Å². The van der Waals surface area contributed by atoms with Crippen LogP contribution in [0.15, 0.2) is 11.0 Å². The van der Waals surface area contributed by atoms with Gasteiger partial charge in [0.15, 0.2) is 5.82 Å². The third-order valence-electron chi connectivity index (χ3n) is 1.33. The number of aromatic nitrogens is 1. The molecule has 0 aliphatic rings. The molecular weight excluding hydrogens is 173 g/mol. The summed E-state index contributed by atoms with van der Waals surface area (Å²) in [4.78, 5) is 12.4. The first kappa shape index (κ1) is 8.63. The lowest BCUT2D eigenvalue weighted by Gasteiger charge is -2.01. The molecule has 0 fully saturated rings. The summed E-state index contributed by atoms with van der Waals surface area (Å²) in [5.41, 5.74) is 2.25. The maximum Gasteiger partial charge on any atom is 0.274 e. The Morgan fingerprint density at radius 2 is 2.08 bits per heavy atom. The highest BCUT2D eigenvalue weighted by atomic mass is 19.3. The van der Waals surface area contributed by atoms with Gasteiger partial charge >= 0.3 is 0 Å². The summed E-state index contributed by atoms with van der Waals surface area (Å²) in [5.74, 6) is -1.35. The molecule has 0 unspecified atom stereocenters. The van der Waals surface area contributed by atoms with Gasteiger partial charge in [0.25, 0.3) is 12.0 Å². The first-order valence-corrected chi connectivity index (χ1v) is 2.98. The number of aromatic amines is 1. The second-order valence-electron chi connectivity index (χ2n) is 2.10. The van der Waals surface area contributed by atoms with Gasteiger partial charge in [0.05, 0.1) is 5.56 Å². The number of pyridine rings is 1. The molecule has 0 aliphatic carbocycles. The number of rotatable bonds is 1. The Labute approximate surface area is 65.0 Å². The topological polar surface area (TPSA) is 58.9 Å². The summed E-state index contributed by atoms with van der Waals surface area (Å²) in [6.07, 6.45) is -2.37. The maximum atomic E-state index is 12.7. The molecule has 0 aromatic carbocycles. The minimum atomic E-state index is -2.98. The SMILES string of the molecule is Nc1c(F)c(C(F)F)c[nH]c1=O. The number of halogens is 3. The van der Waals surface area contributed by atoms with Crippen molar-refractivity contribution < 1.29 is 13.2 Å². The van der Waals surface area contributed by atoms with Gasteiger partial charge in [0, 0.05) is 6.20 Å². The van der Waals surface area contributed by atoms with Crippen molar-refractivity contribution in [1.29, 1.82) is 0 Å². The van der Waals surface area contributed by atoms with Gasteiger partial charge in [-0.2, -0.15) is 0 Å². The molecule has 0 amide bonds. The molecule has 12 heavy (non-hydrogen) atoms. The molecule has 0 saturated heterocycles. The normalized spacial score (nSPS) is 10.7. The predicted octanol–water partition coefficient (Wildman–Crippen LogP) is 1.03. The summed E-state index contributed by atoms with van der Waals surface area (Å²) in [6.45, 7) is 0. The van der Waals surface area contributed by atoms with Crippen molar-refractivity contribution in [2.24, 2.45) is 0 Å². The molecule has 3 N–H and O–H groups in total. The van der Waals surface area contributed by atoms with Crippen LogP contribution < -0.4 is 11.3 Å². The second-order valence-corrected chi connectivity index (χ2v) is 2.10. The Morgan fingerprint density at radius 3 is 2.58 bits per heavy atom. The van der Waals surface area contributed by atoms with Crippen LogP contribution in [0.5, 0.6) is 0 Å². The van der Waals surface area contributed by atoms with Crippen molar-refractivity contribution in [3.8, 4) is 0 Å². The Balaban J connectivity index is 3.36. The number of hydrogen-bond acceptors (Lipinski definition) is 2. The fourth-order valence-corrected chi connectivity index (χ4v) is 0.698. The summed E-state index contributed by atoms with van der Waals surface area (Å²) in [6, 6.07) is 0. The van der Waals surface area contributed by atoms with Crippen LogP contribution in [0, 0.1) is 5.82 Å². The van der Waals surface area contributed by atoms with Crippen LogP contribution >= 0.6 is 0 Å². The van der Waals surface area contributed by atoms with E-state index >= 15 is 0 Å². The molecule has 6 heteroatoms. The lowest BCUT2D eigenvalue weighted by molar-refractivity contribution is 0.146. The van der Waals surface area contributed by atoms with Gasteiger partial charge in [-0.05, 0) is 0 Å². The van der Waals surface area contributed by atoms with E-state index in [2.05, 4.69) is 0 Å². The van der Waals surface area contributed by atoms with Crippen LogP contribution in [0.25, 0.3) is 0 Å². The van der Waals surface area contributed by atoms with E-state index < -0.39 is 29.1 Å². The quantitative estimate of drug-likeness (QED) is 0.674. The summed E-state index contributed by atoms with van der Waals surface area (Å²) < 4.78 is 36.5. The number of hydrogen-bond donors (Lipinski definition) is 2. The van der Waals surface area contributed by atoms with E-state index in [1.165, 1.54) is 0 Å². The molecule has 3 nitrogen and oxygen atoms in total. The second kappa shape index (κ2) is 2.88. The van der Waals surface area contributed by atoms with Crippen molar-refractivity contribution in [3.63, 3.8) is 0 Å². The van der Waals surface area contributed by atoms with Gasteiger partial charge in [-0.1, -0.05) is 0 Å². The zero-order chi connectivity index (χ0) is 9.30. The number of nitrogens with one attached hydrogen (secondary N) is 1. The molecule has 0 atom stereocenters. The smallest absolute Gasteiger partial charge is 0.274 e. The van der Waals surface area contributed by atoms with Gasteiger partial charge in [0.1, 0.15) is 5.69 Å². The van der Waals surface area contributed by atoms with Crippen molar-refractivity contribution in [2.75, 3.05) is 5.73 Å². The average molecular weight is 178 g/mol. The Hall–Kier alpha value is -1.46. The molecule has 0 spiro atoms. The molecule has 1 aromatic rings. The van der Waals surface area contributed by atoms with E-state index in [-0.39, 0.29) is 0 Å². The van der Waals surface area contributed by atoms with Crippen LogP contribution in [0.3, 0.4) is 0 Å². The zero-order valence-electron chi connectivity index (χ0n) is 5.77. The molecule has 0 radical (unpaired) electrons. The van der Waals surface area contributed by atoms with Crippen LogP contribution in [0.1, 0.15) is 12.0 Å². The van der Waals surface area contributed by atoms with Crippen LogP contribution in [-0.4, -0.2) is 4.98 Å². The van der Waals surface area contributed by atoms with Crippen LogP contribution in [0.2, 0.25) is 0 Å². The van der Waals surface area contributed by atoms with Gasteiger partial charge in [-0.3, -0.25) is 4.79 Å². The van der Waals surface area contributed by atoms with Crippen LogP contribution in [0.4, 0.5) is 18.9 Å². The lowest BCUT2D eigenvalue weighted by atomic mass is 10.2. The number of alkyl halides is 2. The van der Waals surface area contributed by atoms with Crippen molar-refractivity contribution in [1.82, 2.24) is 4.98 Å². The van der Waals surface area contributed by atoms with E-state index in [9.17, 15) is 18.0 Å². The summed E-state index contributed by atoms with van der Waals surface area (Å²) in [5, 5.41) is 0. The molecule has 1 aromatic heterocycles. The standard InChI is InChI=1S/C6H5F3N2O/c7-3-2(5(8)9)1-11-6(12)4(3)10/h1,5H,10H2,(H,11,12). The maximum absolute atomic E-state index is 12.7. The van der Waals surface area contributed by atoms with Gasteiger partial charge in [0.2, 0.25) is 0 Å². The van der Waals surface area contributed by atoms with E-state index in [0.29, 0.717) is 6.20 Å². The fourth-order valence-electron chi connectivity index (χ4n) is 0.698. The first-order chi connectivity index (χ1) is 5.54. The molecule has 1 heterocycles. The highest BCUT2D eigenvalue weighted by Crippen LogP contribution is 2.21. The molecule has 1 rings (SSSR count). The molecule has 0 bridgehead atoms. The minimum Gasteiger partial charge on any atom is -0.392 e. The monoisotopic (exact) mass is 178 g/mol. The number of nitrogen functional groups attached to an aromatic ring is 1. The van der Waals surface area contributed by atoms with E-state index in [4.69, 9.17) is 5.73 Å². The predicted molar refractivity (Wildman–Crippen MR) is 36.4 cm³/mol. The number of anilines is 1. The van der Waals surface area contributed by atoms with Gasteiger partial charge in [-0.25, -0.2) is 13.2 Å². The van der Waals surface area contributed by atoms with Crippen molar-refractivity contribution in [2.45, 2.75) is 6.43 Å². The molecule has 0 saturated carbocycles. The number of H-pyrrole nitrogens is 1. The third-order valence-corrected chi connectivity index (χ3v) is 1.33. The fraction of sp³-hybridized carbons (Fsp3) is 0.167. The average Bonchev–Trinajstić information content (AvgIpc) is 2.00. The number of nitrogens with two attached hydrogens (primary N) is 1. The molecular formula is C6H5F3N2O. The zero-order valence-corrected chi connectivity index (χ0v) is 5.77. The van der Waals surface area contributed by atoms with Gasteiger partial charge in [-0.15, -0.1) is 0 Å². The van der Waals surface area contributed by atoms with E-state index in [1.807, 2.05) is 4.98 Å². The highest BCUT2D eigenvalue weighted by Gasteiger charge is 2.16. The largest absolute Gasteiger partial charge is 0.392 e. The van der Waals surface area contributed by atoms with Crippen LogP contribution in [-0.2, 0) is 0 Å². The summed E-state index contributed by atoms with van der Waals surface area (Å²) in [7, 11) is 0. The van der Waals surface area contributed by atoms with E-state index in [0.717, 1.165) is 0 Å². The first-order valence-electron chi connectivity index (χ1n) is 2.98. The Bertz CT molecular complexity index is 347. The molecule has 0 aliphatic heterocycles. The summed E-state index contributed by atoms with van der Waals surface area (Å²) >= 11 is 0. The minimum absolute atomic E-state index is 0.610. The third kappa shape index (κ3) is 1.27. The Kier molecular flexibility index (Phi) is 2.07. The molecule has 66 valence electrons.